The predicted octanol–water partition coefficient (Wildman–Crippen LogP) is 3.91. The van der Waals surface area contributed by atoms with Crippen molar-refractivity contribution < 1.29 is 17.6 Å². The summed E-state index contributed by atoms with van der Waals surface area (Å²) in [6.45, 7) is 2.60. The average molecular weight is 206 g/mol. The maximum absolute atomic E-state index is 13.3. The lowest BCUT2D eigenvalue weighted by Gasteiger charge is -2.15. The second-order valence-corrected chi connectivity index (χ2v) is 3.55. The molecule has 0 bridgehead atoms. The Morgan fingerprint density at radius 1 is 0.786 bits per heavy atom. The van der Waals surface area contributed by atoms with Gasteiger partial charge in [-0.1, -0.05) is 12.1 Å². The molecule has 1 rings (SSSR count). The summed E-state index contributed by atoms with van der Waals surface area (Å²) in [4.78, 5) is 0. The Kier molecular flexibility index (Phi) is 2.56. The molecule has 4 heteroatoms. The second-order valence-electron chi connectivity index (χ2n) is 3.55. The van der Waals surface area contributed by atoms with Crippen LogP contribution >= 0.6 is 0 Å². The summed E-state index contributed by atoms with van der Waals surface area (Å²) in [5, 5.41) is 0. The van der Waals surface area contributed by atoms with Gasteiger partial charge in [-0.2, -0.15) is 13.2 Å². The van der Waals surface area contributed by atoms with Crippen LogP contribution in [0.3, 0.4) is 0 Å². The van der Waals surface area contributed by atoms with Crippen LogP contribution in [-0.4, -0.2) is 0 Å². The minimum atomic E-state index is -4.36. The Labute approximate surface area is 79.6 Å². The maximum atomic E-state index is 13.3. The molecule has 0 heterocycles. The third kappa shape index (κ3) is 2.47. The highest BCUT2D eigenvalue weighted by Crippen LogP contribution is 2.31. The Bertz CT molecular complexity index is 269. The summed E-state index contributed by atoms with van der Waals surface area (Å²) in [6.07, 6.45) is -4.36. The molecule has 0 saturated carbocycles. The van der Waals surface area contributed by atoms with Crippen LogP contribution in [0.4, 0.5) is 17.6 Å². The van der Waals surface area contributed by atoms with Gasteiger partial charge in [-0.25, -0.2) is 4.39 Å². The van der Waals surface area contributed by atoms with E-state index in [2.05, 4.69) is 0 Å². The zero-order valence-electron chi connectivity index (χ0n) is 7.82. The molecule has 0 nitrogen and oxygen atoms in total. The van der Waals surface area contributed by atoms with Crippen molar-refractivity contribution in [1.82, 2.24) is 0 Å². The molecule has 1 aromatic carbocycles. The van der Waals surface area contributed by atoms with Gasteiger partial charge < -0.3 is 0 Å². The molecule has 0 aromatic heterocycles. The molecule has 0 spiro atoms. The van der Waals surface area contributed by atoms with Crippen LogP contribution in [0.25, 0.3) is 0 Å². The van der Waals surface area contributed by atoms with Gasteiger partial charge in [0.05, 0.1) is 5.56 Å². The van der Waals surface area contributed by atoms with Gasteiger partial charge in [0.1, 0.15) is 5.67 Å². The molecule has 0 aliphatic rings. The van der Waals surface area contributed by atoms with Gasteiger partial charge in [0, 0.05) is 0 Å². The smallest absolute Gasteiger partial charge is 0.239 e. The standard InChI is InChI=1S/C10H10F4/c1-9(2,11)7-3-5-8(6-4-7)10(12,13)14/h3-6H,1-2H3. The first-order valence-corrected chi connectivity index (χ1v) is 4.08. The first-order valence-electron chi connectivity index (χ1n) is 4.08. The molecule has 0 saturated heterocycles. The lowest BCUT2D eigenvalue weighted by Crippen LogP contribution is -2.10. The Morgan fingerprint density at radius 2 is 1.14 bits per heavy atom. The molecule has 0 aliphatic heterocycles. The van der Waals surface area contributed by atoms with Crippen LogP contribution in [0.1, 0.15) is 25.0 Å². The number of hydrogen-bond acceptors (Lipinski definition) is 0. The summed E-state index contributed by atoms with van der Waals surface area (Å²) < 4.78 is 49.6. The van der Waals surface area contributed by atoms with Crippen molar-refractivity contribution in [1.29, 1.82) is 0 Å². The molecule has 0 radical (unpaired) electrons. The topological polar surface area (TPSA) is 0 Å². The average Bonchev–Trinajstić information content (AvgIpc) is 2.01. The minimum absolute atomic E-state index is 0.241. The number of alkyl halides is 4. The zero-order valence-corrected chi connectivity index (χ0v) is 7.82. The van der Waals surface area contributed by atoms with Crippen LogP contribution in [0.2, 0.25) is 0 Å². The molecule has 0 N–H and O–H groups in total. The van der Waals surface area contributed by atoms with E-state index in [-0.39, 0.29) is 5.56 Å². The van der Waals surface area contributed by atoms with E-state index in [0.717, 1.165) is 24.3 Å². The number of hydrogen-bond donors (Lipinski definition) is 0. The molecule has 0 unspecified atom stereocenters. The highest BCUT2D eigenvalue weighted by Gasteiger charge is 2.30. The fourth-order valence-corrected chi connectivity index (χ4v) is 1.06. The molecule has 0 aliphatic carbocycles. The van der Waals surface area contributed by atoms with Crippen LogP contribution in [-0.2, 0) is 11.8 Å². The summed E-state index contributed by atoms with van der Waals surface area (Å²) >= 11 is 0. The van der Waals surface area contributed by atoms with Crippen molar-refractivity contribution in [3.05, 3.63) is 35.4 Å². The quantitative estimate of drug-likeness (QED) is 0.611. The van der Waals surface area contributed by atoms with Crippen LogP contribution in [0.15, 0.2) is 24.3 Å². The normalized spacial score (nSPS) is 13.0. The van der Waals surface area contributed by atoms with E-state index in [0.29, 0.717) is 0 Å². The second kappa shape index (κ2) is 3.26. The largest absolute Gasteiger partial charge is 0.416 e. The number of halogens is 4. The van der Waals surface area contributed by atoms with E-state index >= 15 is 0 Å². The van der Waals surface area contributed by atoms with Gasteiger partial charge in [-0.15, -0.1) is 0 Å². The SMILES string of the molecule is CC(C)(F)c1ccc(C(F)(F)F)cc1. The summed E-state index contributed by atoms with van der Waals surface area (Å²) in [6, 6.07) is 4.08. The molecule has 0 amide bonds. The lowest BCUT2D eigenvalue weighted by atomic mass is 9.99. The Hall–Kier alpha value is -1.06. The molecular weight excluding hydrogens is 196 g/mol. The number of rotatable bonds is 1. The third-order valence-electron chi connectivity index (χ3n) is 1.90. The van der Waals surface area contributed by atoms with Crippen molar-refractivity contribution in [2.45, 2.75) is 25.7 Å². The Balaban J connectivity index is 3.02. The van der Waals surface area contributed by atoms with Crippen LogP contribution in [0, 0.1) is 0 Å². The van der Waals surface area contributed by atoms with Gasteiger partial charge in [0.25, 0.3) is 0 Å². The Morgan fingerprint density at radius 3 is 1.43 bits per heavy atom. The van der Waals surface area contributed by atoms with E-state index in [1.165, 1.54) is 13.8 Å². The molecule has 78 valence electrons. The summed E-state index contributed by atoms with van der Waals surface area (Å²) in [5.41, 5.74) is -2.12. The highest BCUT2D eigenvalue weighted by atomic mass is 19.4. The summed E-state index contributed by atoms with van der Waals surface area (Å²) in [5.74, 6) is 0. The van der Waals surface area contributed by atoms with E-state index in [1.54, 1.807) is 0 Å². The molecule has 14 heavy (non-hydrogen) atoms. The first kappa shape index (κ1) is 11.0. The zero-order chi connectivity index (χ0) is 11.0. The monoisotopic (exact) mass is 206 g/mol. The molecule has 0 fully saturated rings. The van der Waals surface area contributed by atoms with Gasteiger partial charge >= 0.3 is 6.18 Å². The van der Waals surface area contributed by atoms with Crippen molar-refractivity contribution in [2.75, 3.05) is 0 Å². The molecular formula is C10H10F4. The van der Waals surface area contributed by atoms with E-state index in [1.807, 2.05) is 0 Å². The van der Waals surface area contributed by atoms with Crippen molar-refractivity contribution in [3.8, 4) is 0 Å². The fraction of sp³-hybridized carbons (Fsp3) is 0.400. The number of benzene rings is 1. The van der Waals surface area contributed by atoms with Gasteiger partial charge in [-0.3, -0.25) is 0 Å². The van der Waals surface area contributed by atoms with Crippen molar-refractivity contribution >= 4 is 0 Å². The van der Waals surface area contributed by atoms with E-state index in [9.17, 15) is 17.6 Å². The fourth-order valence-electron chi connectivity index (χ4n) is 1.06. The third-order valence-corrected chi connectivity index (χ3v) is 1.90. The van der Waals surface area contributed by atoms with Crippen LogP contribution in [0.5, 0.6) is 0 Å². The predicted molar refractivity (Wildman–Crippen MR) is 45.6 cm³/mol. The van der Waals surface area contributed by atoms with Crippen LogP contribution < -0.4 is 0 Å². The minimum Gasteiger partial charge on any atom is -0.239 e. The van der Waals surface area contributed by atoms with E-state index in [4.69, 9.17) is 0 Å². The van der Waals surface area contributed by atoms with Gasteiger partial charge in [0.2, 0.25) is 0 Å². The maximum Gasteiger partial charge on any atom is 0.416 e. The van der Waals surface area contributed by atoms with E-state index < -0.39 is 17.4 Å². The molecule has 0 atom stereocenters. The first-order chi connectivity index (χ1) is 6.21. The summed E-state index contributed by atoms with van der Waals surface area (Å²) in [7, 11) is 0. The van der Waals surface area contributed by atoms with Crippen molar-refractivity contribution in [2.24, 2.45) is 0 Å². The molecule has 1 aromatic rings. The highest BCUT2D eigenvalue weighted by molar-refractivity contribution is 5.27. The van der Waals surface area contributed by atoms with Gasteiger partial charge in [0.15, 0.2) is 0 Å². The van der Waals surface area contributed by atoms with Gasteiger partial charge in [-0.05, 0) is 31.5 Å². The lowest BCUT2D eigenvalue weighted by molar-refractivity contribution is -0.137. The van der Waals surface area contributed by atoms with Crippen molar-refractivity contribution in [3.63, 3.8) is 0 Å².